The van der Waals surface area contributed by atoms with E-state index < -0.39 is 11.7 Å². The van der Waals surface area contributed by atoms with E-state index in [1.54, 1.807) is 37.5 Å². The van der Waals surface area contributed by atoms with Gasteiger partial charge in [-0.2, -0.15) is 14.3 Å². The number of likely N-dealkylation sites (tertiary alicyclic amines) is 1. The van der Waals surface area contributed by atoms with Crippen molar-refractivity contribution in [1.29, 1.82) is 0 Å². The summed E-state index contributed by atoms with van der Waals surface area (Å²) in [6.07, 6.45) is 9.56. The maximum absolute atomic E-state index is 16.2. The first-order chi connectivity index (χ1) is 35.1. The molecule has 8 heterocycles. The SMILES string of the molecule is CNc1cc(=O)n(-c2ccnc3c2cc([C@H](C)N2CC=C(c4c(C)cc(C(=O)N5CCC(CN6CCN(Cc7ccc8c(c7)N(C)C(=O)/[N+]8=C/C7CCC(=O)NC7=O)CC6C)CC5)cc4F)CC2)n3C)cc1F. The maximum atomic E-state index is 16.2. The Balaban J connectivity index is 0.714. The van der Waals surface area contributed by atoms with Gasteiger partial charge in [-0.15, -0.1) is 0 Å². The molecule has 0 radical (unpaired) electrons. The number of amides is 5. The molecule has 0 saturated carbocycles. The van der Waals surface area contributed by atoms with Gasteiger partial charge in [0.15, 0.2) is 17.2 Å². The Morgan fingerprint density at radius 1 is 0.945 bits per heavy atom. The zero-order chi connectivity index (χ0) is 51.4. The summed E-state index contributed by atoms with van der Waals surface area (Å²) in [6, 6.07) is 14.3. The van der Waals surface area contributed by atoms with Crippen LogP contribution in [0.15, 0.2) is 71.8 Å². The summed E-state index contributed by atoms with van der Waals surface area (Å²) >= 11 is 0. The monoisotopic (exact) mass is 997 g/mol. The summed E-state index contributed by atoms with van der Waals surface area (Å²) in [6.45, 7) is 13.3. The van der Waals surface area contributed by atoms with Crippen LogP contribution in [0, 0.1) is 30.4 Å². The molecule has 18 heteroatoms. The van der Waals surface area contributed by atoms with Crippen molar-refractivity contribution in [1.82, 2.24) is 39.0 Å². The topological polar surface area (TPSA) is 151 Å². The van der Waals surface area contributed by atoms with Gasteiger partial charge in [0.25, 0.3) is 11.5 Å². The molecule has 5 aliphatic heterocycles. The van der Waals surface area contributed by atoms with E-state index in [0.717, 1.165) is 84.7 Å². The zero-order valence-electron chi connectivity index (χ0n) is 42.5. The molecule has 2 N–H and O–H groups in total. The predicted molar refractivity (Wildman–Crippen MR) is 277 cm³/mol. The number of piperidine rings is 2. The lowest BCUT2D eigenvalue weighted by molar-refractivity contribution is -0.319. The first-order valence-electron chi connectivity index (χ1n) is 25.5. The fourth-order valence-electron chi connectivity index (χ4n) is 11.7. The number of benzene rings is 2. The van der Waals surface area contributed by atoms with E-state index in [9.17, 15) is 28.4 Å². The lowest BCUT2D eigenvalue weighted by Crippen LogP contribution is -2.53. The number of halogens is 2. The first-order valence-corrected chi connectivity index (χ1v) is 25.5. The van der Waals surface area contributed by atoms with Crippen molar-refractivity contribution in [3.63, 3.8) is 0 Å². The molecule has 0 aliphatic carbocycles. The Hall–Kier alpha value is -6.89. The van der Waals surface area contributed by atoms with Crippen molar-refractivity contribution in [2.24, 2.45) is 18.9 Å². The normalized spacial score (nSPS) is 21.5. The third-order valence-corrected chi connectivity index (χ3v) is 16.0. The quantitative estimate of drug-likeness (QED) is 0.110. The molecule has 0 bridgehead atoms. The molecular weight excluding hydrogens is 933 g/mol. The lowest BCUT2D eigenvalue weighted by atomic mass is 9.92. The van der Waals surface area contributed by atoms with E-state index in [-0.39, 0.29) is 53.3 Å². The van der Waals surface area contributed by atoms with E-state index in [2.05, 4.69) is 56.3 Å². The van der Waals surface area contributed by atoms with Crippen LogP contribution in [0.4, 0.5) is 30.6 Å². The number of urea groups is 1. The number of anilines is 2. The summed E-state index contributed by atoms with van der Waals surface area (Å²) in [5.41, 5.74) is 7.19. The highest BCUT2D eigenvalue weighted by Gasteiger charge is 2.41. The van der Waals surface area contributed by atoms with E-state index in [1.165, 1.54) is 27.5 Å². The average Bonchev–Trinajstić information content (AvgIpc) is 3.84. The molecular formula is C55H64F2N11O5+. The Bertz CT molecular complexity index is 3150. The summed E-state index contributed by atoms with van der Waals surface area (Å²) in [5.74, 6) is -1.81. The van der Waals surface area contributed by atoms with E-state index in [4.69, 9.17) is 0 Å². The van der Waals surface area contributed by atoms with Gasteiger partial charge in [0, 0.05) is 126 Å². The minimum atomic E-state index is -0.550. The molecule has 3 atom stereocenters. The molecule has 3 saturated heterocycles. The molecule has 16 nitrogen and oxygen atoms in total. The molecule has 3 aromatic heterocycles. The summed E-state index contributed by atoms with van der Waals surface area (Å²) in [7, 11) is 5.25. The van der Waals surface area contributed by atoms with Gasteiger partial charge in [0.2, 0.25) is 11.8 Å². The van der Waals surface area contributed by atoms with E-state index >= 15 is 4.39 Å². The highest BCUT2D eigenvalue weighted by Crippen LogP contribution is 2.38. The fraction of sp³-hybridized carbons (Fsp3) is 0.436. The number of carbonyl (C=O) groups excluding carboxylic acids is 4. The molecule has 0 spiro atoms. The third-order valence-electron chi connectivity index (χ3n) is 16.0. The number of hydrogen-bond donors (Lipinski definition) is 2. The van der Waals surface area contributed by atoms with Gasteiger partial charge >= 0.3 is 6.03 Å². The van der Waals surface area contributed by atoms with Crippen molar-refractivity contribution in [3.8, 4) is 5.69 Å². The third kappa shape index (κ3) is 9.63. The van der Waals surface area contributed by atoms with Crippen LogP contribution < -0.4 is 21.1 Å². The van der Waals surface area contributed by atoms with Crippen molar-refractivity contribution in [2.75, 3.05) is 76.7 Å². The van der Waals surface area contributed by atoms with Gasteiger partial charge in [0.05, 0.1) is 36.8 Å². The number of carbonyl (C=O) groups is 4. The van der Waals surface area contributed by atoms with Crippen molar-refractivity contribution in [3.05, 3.63) is 117 Å². The van der Waals surface area contributed by atoms with Gasteiger partial charge in [-0.1, -0.05) is 12.1 Å². The Morgan fingerprint density at radius 2 is 1.74 bits per heavy atom. The number of fused-ring (bicyclic) bond motifs is 2. The van der Waals surface area contributed by atoms with Crippen LogP contribution >= 0.6 is 0 Å². The Morgan fingerprint density at radius 3 is 2.45 bits per heavy atom. The number of imide groups is 1. The van der Waals surface area contributed by atoms with Crippen LogP contribution in [-0.2, 0) is 23.2 Å². The molecule has 382 valence electrons. The van der Waals surface area contributed by atoms with Gasteiger partial charge in [-0.05, 0) is 105 Å². The standard InChI is InChI=1S/C55H63F2N11O5/c1-33-23-40(25-42(56)51(33)38-14-19-64(20-15-38)35(3)47-26-41-45(11-16-59-52(41)61(47)5)67-32-43(57)44(58-4)27-50(67)70)54(72)65-17-12-36(13-18-65)30-66-22-21-63(28-34(66)2)29-37-7-9-46-48(24-37)62(6)55(73)68(46)31-39-8-10-49(69)60-53(39)71/h7,9,11,14,16,23-27,31-32,34-36,39H,8,10,12-13,15,17-22,28-30H2,1-6H3,(H-,58,60,69,70,71)/p+1/b68-31+/t34?,35-,39?/m0/s1. The van der Waals surface area contributed by atoms with E-state index in [1.807, 2.05) is 47.7 Å². The highest BCUT2D eigenvalue weighted by atomic mass is 19.1. The van der Waals surface area contributed by atoms with Crippen molar-refractivity contribution >= 4 is 63.6 Å². The smallest absolute Gasteiger partial charge is 0.386 e. The minimum Gasteiger partial charge on any atom is -0.386 e. The lowest BCUT2D eigenvalue weighted by Gasteiger charge is -2.42. The van der Waals surface area contributed by atoms with Gasteiger partial charge in [-0.25, -0.2) is 13.8 Å². The molecule has 2 aromatic carbocycles. The summed E-state index contributed by atoms with van der Waals surface area (Å²) < 4.78 is 35.8. The molecule has 2 unspecified atom stereocenters. The second kappa shape index (κ2) is 20.2. The molecule has 73 heavy (non-hydrogen) atoms. The number of nitrogens with zero attached hydrogens (tertiary/aromatic N) is 9. The van der Waals surface area contributed by atoms with Gasteiger partial charge < -0.3 is 14.8 Å². The van der Waals surface area contributed by atoms with E-state index in [0.29, 0.717) is 73.4 Å². The fourth-order valence-corrected chi connectivity index (χ4v) is 11.7. The second-order valence-corrected chi connectivity index (χ2v) is 20.5. The first kappa shape index (κ1) is 49.7. The average molecular weight is 997 g/mol. The maximum Gasteiger partial charge on any atom is 0.503 e. The van der Waals surface area contributed by atoms with Crippen LogP contribution in [-0.4, -0.2) is 141 Å². The molecule has 5 aliphatic rings. The van der Waals surface area contributed by atoms with Crippen LogP contribution in [0.5, 0.6) is 0 Å². The number of aryl methyl sites for hydroxylation is 2. The van der Waals surface area contributed by atoms with Gasteiger partial charge in [-0.3, -0.25) is 43.8 Å². The Kier molecular flexibility index (Phi) is 13.7. The molecule has 10 rings (SSSR count). The number of rotatable bonds is 11. The van der Waals surface area contributed by atoms with Crippen molar-refractivity contribution < 1.29 is 32.5 Å². The van der Waals surface area contributed by atoms with Crippen LogP contribution in [0.1, 0.15) is 84.7 Å². The Labute approximate surface area is 423 Å². The van der Waals surface area contributed by atoms with Crippen LogP contribution in [0.2, 0.25) is 0 Å². The molecule has 5 aromatic rings. The minimum absolute atomic E-state index is 0.0470. The molecule has 3 fully saturated rings. The number of aromatic nitrogens is 3. The van der Waals surface area contributed by atoms with Crippen LogP contribution in [0.25, 0.3) is 22.3 Å². The van der Waals surface area contributed by atoms with Crippen LogP contribution in [0.3, 0.4) is 0 Å². The largest absolute Gasteiger partial charge is 0.503 e. The summed E-state index contributed by atoms with van der Waals surface area (Å²) in [4.78, 5) is 79.6. The van der Waals surface area contributed by atoms with Gasteiger partial charge in [0.1, 0.15) is 11.5 Å². The number of pyridine rings is 2. The number of piperazine rings is 1. The highest BCUT2D eigenvalue weighted by molar-refractivity contribution is 6.06. The number of nitrogens with one attached hydrogen (secondary N) is 2. The molecule has 5 amide bonds. The number of hydrogen-bond acceptors (Lipinski definition) is 10. The summed E-state index contributed by atoms with van der Waals surface area (Å²) in [5, 5.41) is 5.82. The second-order valence-electron chi connectivity index (χ2n) is 20.5. The van der Waals surface area contributed by atoms with Crippen molar-refractivity contribution in [2.45, 2.75) is 71.5 Å². The zero-order valence-corrected chi connectivity index (χ0v) is 42.5. The predicted octanol–water partition coefficient (Wildman–Crippen LogP) is 6.60.